The lowest BCUT2D eigenvalue weighted by Gasteiger charge is -2.32. The highest BCUT2D eigenvalue weighted by molar-refractivity contribution is 6.66. The summed E-state index contributed by atoms with van der Waals surface area (Å²) in [5.41, 5.74) is -0.0748. The summed E-state index contributed by atoms with van der Waals surface area (Å²) in [4.78, 5) is 12.7. The summed E-state index contributed by atoms with van der Waals surface area (Å²) in [6.45, 7) is 19.6. The number of carbonyl (C=O) groups is 1. The standard InChI is InChI=1S/C22H34B2O6/c1-14(2)26-18(25)15-11-16(23-27-19(3,4)20(5,6)28-23)13-17(12-15)24-29-21(7,8)22(9,10)30-24/h11-14H,1-10H3. The van der Waals surface area contributed by atoms with Crippen LogP contribution in [0.1, 0.15) is 79.6 Å². The molecule has 0 spiro atoms. The van der Waals surface area contributed by atoms with Crippen molar-refractivity contribution in [2.24, 2.45) is 0 Å². The minimum absolute atomic E-state index is 0.224. The number of esters is 1. The zero-order valence-electron chi connectivity index (χ0n) is 19.9. The second kappa shape index (κ2) is 7.37. The summed E-state index contributed by atoms with van der Waals surface area (Å²) in [5.74, 6) is -0.402. The SMILES string of the molecule is CC(C)OC(=O)c1cc(B2OC(C)(C)C(C)(C)O2)cc(B2OC(C)(C)C(C)(C)O2)c1. The molecule has 2 fully saturated rings. The highest BCUT2D eigenvalue weighted by Gasteiger charge is 2.54. The number of hydrogen-bond acceptors (Lipinski definition) is 6. The Bertz CT molecular complexity index is 745. The van der Waals surface area contributed by atoms with Crippen LogP contribution in [0, 0.1) is 0 Å². The van der Waals surface area contributed by atoms with E-state index in [-0.39, 0.29) is 6.10 Å². The van der Waals surface area contributed by atoms with Crippen molar-refractivity contribution in [2.45, 2.75) is 97.7 Å². The van der Waals surface area contributed by atoms with Crippen LogP contribution in [0.5, 0.6) is 0 Å². The molecule has 0 aliphatic carbocycles. The smallest absolute Gasteiger partial charge is 0.459 e. The van der Waals surface area contributed by atoms with E-state index in [0.717, 1.165) is 10.9 Å². The Morgan fingerprint density at radius 2 is 1.07 bits per heavy atom. The Morgan fingerprint density at radius 3 is 1.37 bits per heavy atom. The van der Waals surface area contributed by atoms with Crippen molar-refractivity contribution in [1.29, 1.82) is 0 Å². The van der Waals surface area contributed by atoms with Gasteiger partial charge in [0.2, 0.25) is 0 Å². The fourth-order valence-corrected chi connectivity index (χ4v) is 3.31. The molecule has 0 saturated carbocycles. The maximum Gasteiger partial charge on any atom is 0.494 e. The molecule has 0 amide bonds. The predicted molar refractivity (Wildman–Crippen MR) is 118 cm³/mol. The molecule has 164 valence electrons. The van der Waals surface area contributed by atoms with Crippen LogP contribution in [-0.4, -0.2) is 48.7 Å². The number of ether oxygens (including phenoxy) is 1. The molecule has 0 N–H and O–H groups in total. The van der Waals surface area contributed by atoms with Crippen LogP contribution < -0.4 is 10.9 Å². The predicted octanol–water partition coefficient (Wildman–Crippen LogP) is 2.85. The van der Waals surface area contributed by atoms with Crippen LogP contribution in [0.4, 0.5) is 0 Å². The summed E-state index contributed by atoms with van der Waals surface area (Å²) in [6.07, 6.45) is -0.224. The van der Waals surface area contributed by atoms with Crippen molar-refractivity contribution >= 4 is 31.1 Å². The molecule has 0 atom stereocenters. The highest BCUT2D eigenvalue weighted by atomic mass is 16.7. The second-order valence-electron chi connectivity index (χ2n) is 10.5. The van der Waals surface area contributed by atoms with E-state index in [9.17, 15) is 4.79 Å². The van der Waals surface area contributed by atoms with Gasteiger partial charge in [-0.2, -0.15) is 0 Å². The Balaban J connectivity index is 2.02. The molecule has 6 nitrogen and oxygen atoms in total. The van der Waals surface area contributed by atoms with Crippen molar-refractivity contribution in [1.82, 2.24) is 0 Å². The topological polar surface area (TPSA) is 63.2 Å². The van der Waals surface area contributed by atoms with Gasteiger partial charge in [-0.05, 0) is 92.3 Å². The van der Waals surface area contributed by atoms with Crippen LogP contribution in [-0.2, 0) is 23.4 Å². The monoisotopic (exact) mass is 416 g/mol. The summed E-state index contributed by atoms with van der Waals surface area (Å²) in [5, 5.41) is 0. The molecular weight excluding hydrogens is 382 g/mol. The number of rotatable bonds is 4. The molecule has 0 aromatic heterocycles. The zero-order valence-corrected chi connectivity index (χ0v) is 19.9. The van der Waals surface area contributed by atoms with Crippen LogP contribution in [0.25, 0.3) is 0 Å². The molecule has 2 aliphatic rings. The molecule has 0 unspecified atom stereocenters. The summed E-state index contributed by atoms with van der Waals surface area (Å²) in [7, 11) is -1.22. The van der Waals surface area contributed by atoms with E-state index in [1.54, 1.807) is 12.1 Å². The van der Waals surface area contributed by atoms with Gasteiger partial charge in [0.1, 0.15) is 0 Å². The largest absolute Gasteiger partial charge is 0.494 e. The first-order valence-corrected chi connectivity index (χ1v) is 10.6. The average Bonchev–Trinajstić information content (AvgIpc) is 2.93. The lowest BCUT2D eigenvalue weighted by molar-refractivity contribution is 0.00578. The van der Waals surface area contributed by atoms with Crippen LogP contribution in [0.15, 0.2) is 18.2 Å². The van der Waals surface area contributed by atoms with Gasteiger partial charge in [-0.3, -0.25) is 0 Å². The Kier molecular flexibility index (Phi) is 5.73. The van der Waals surface area contributed by atoms with Crippen molar-refractivity contribution < 1.29 is 28.1 Å². The molecule has 3 rings (SSSR count). The van der Waals surface area contributed by atoms with E-state index in [1.165, 1.54) is 0 Å². The molecule has 2 saturated heterocycles. The summed E-state index contributed by atoms with van der Waals surface area (Å²) >= 11 is 0. The molecule has 1 aromatic carbocycles. The lowest BCUT2D eigenvalue weighted by Crippen LogP contribution is -2.42. The van der Waals surface area contributed by atoms with Crippen molar-refractivity contribution in [3.05, 3.63) is 23.8 Å². The minimum Gasteiger partial charge on any atom is -0.459 e. The van der Waals surface area contributed by atoms with Gasteiger partial charge in [-0.25, -0.2) is 4.79 Å². The fourth-order valence-electron chi connectivity index (χ4n) is 3.31. The van der Waals surface area contributed by atoms with Gasteiger partial charge in [-0.15, -0.1) is 0 Å². The van der Waals surface area contributed by atoms with Gasteiger partial charge in [-0.1, -0.05) is 6.07 Å². The van der Waals surface area contributed by atoms with Crippen molar-refractivity contribution in [3.63, 3.8) is 0 Å². The normalized spacial score (nSPS) is 23.8. The first-order valence-electron chi connectivity index (χ1n) is 10.6. The van der Waals surface area contributed by atoms with Gasteiger partial charge in [0.25, 0.3) is 0 Å². The van der Waals surface area contributed by atoms with Gasteiger partial charge in [0.15, 0.2) is 0 Å². The third kappa shape index (κ3) is 4.20. The molecule has 2 aliphatic heterocycles. The maximum atomic E-state index is 12.7. The second-order valence-corrected chi connectivity index (χ2v) is 10.5. The van der Waals surface area contributed by atoms with E-state index >= 15 is 0 Å². The molecular formula is C22H34B2O6. The third-order valence-corrected chi connectivity index (χ3v) is 6.61. The summed E-state index contributed by atoms with van der Waals surface area (Å²) < 4.78 is 30.3. The molecule has 8 heteroatoms. The number of benzene rings is 1. The number of carbonyl (C=O) groups excluding carboxylic acids is 1. The maximum absolute atomic E-state index is 12.7. The van der Waals surface area contributed by atoms with Gasteiger partial charge >= 0.3 is 20.2 Å². The molecule has 30 heavy (non-hydrogen) atoms. The van der Waals surface area contributed by atoms with Gasteiger partial charge in [0.05, 0.1) is 34.1 Å². The van der Waals surface area contributed by atoms with Crippen molar-refractivity contribution in [3.8, 4) is 0 Å². The third-order valence-electron chi connectivity index (χ3n) is 6.61. The minimum atomic E-state index is -0.608. The fraction of sp³-hybridized carbons (Fsp3) is 0.682. The van der Waals surface area contributed by atoms with Gasteiger partial charge in [0, 0.05) is 0 Å². The van der Waals surface area contributed by atoms with E-state index in [0.29, 0.717) is 5.56 Å². The zero-order chi connectivity index (χ0) is 22.7. The Morgan fingerprint density at radius 1 is 0.733 bits per heavy atom. The Labute approximate surface area is 181 Å². The van der Waals surface area contributed by atoms with Crippen LogP contribution in [0.2, 0.25) is 0 Å². The highest BCUT2D eigenvalue weighted by Crippen LogP contribution is 2.38. The van der Waals surface area contributed by atoms with E-state index in [2.05, 4.69) is 0 Å². The van der Waals surface area contributed by atoms with E-state index in [1.807, 2.05) is 75.3 Å². The first-order chi connectivity index (χ1) is 13.5. The molecule has 1 aromatic rings. The molecule has 0 bridgehead atoms. The first kappa shape index (κ1) is 23.3. The number of hydrogen-bond donors (Lipinski definition) is 0. The average molecular weight is 416 g/mol. The van der Waals surface area contributed by atoms with E-state index in [4.69, 9.17) is 23.4 Å². The van der Waals surface area contributed by atoms with E-state index < -0.39 is 42.6 Å². The molecule has 2 heterocycles. The Hall–Kier alpha value is -1.34. The van der Waals surface area contributed by atoms with Gasteiger partial charge < -0.3 is 23.4 Å². The molecule has 0 radical (unpaired) electrons. The van der Waals surface area contributed by atoms with Crippen LogP contribution in [0.3, 0.4) is 0 Å². The summed E-state index contributed by atoms with van der Waals surface area (Å²) in [6, 6.07) is 5.46. The quantitative estimate of drug-likeness (QED) is 0.556. The van der Waals surface area contributed by atoms with Crippen LogP contribution >= 0.6 is 0 Å². The van der Waals surface area contributed by atoms with Crippen molar-refractivity contribution in [2.75, 3.05) is 0 Å². The lowest BCUT2D eigenvalue weighted by atomic mass is 9.71.